The number of rotatable bonds is 0. The molecule has 3 heteroatoms. The minimum atomic E-state index is 0.661. The maximum absolute atomic E-state index is 5.50. The van der Waals surface area contributed by atoms with Crippen LogP contribution in [0.15, 0.2) is 24.4 Å². The monoisotopic (exact) mass is 193 g/mol. The minimum absolute atomic E-state index is 0.661. The van der Waals surface area contributed by atoms with Gasteiger partial charge in [0.2, 0.25) is 0 Å². The maximum atomic E-state index is 5.50. The van der Waals surface area contributed by atoms with E-state index < -0.39 is 0 Å². The highest BCUT2D eigenvalue weighted by atomic mass is 14.9. The zero-order valence-corrected chi connectivity index (χ0v) is 9.33. The van der Waals surface area contributed by atoms with Crippen molar-refractivity contribution in [2.24, 2.45) is 0 Å². The molecule has 2 aromatic rings. The molecule has 0 saturated heterocycles. The predicted octanol–water partition coefficient (Wildman–Crippen LogP) is 3.20. The van der Waals surface area contributed by atoms with Gasteiger partial charge in [-0.3, -0.25) is 0 Å². The van der Waals surface area contributed by atoms with Gasteiger partial charge in [0.25, 0.3) is 0 Å². The van der Waals surface area contributed by atoms with Gasteiger partial charge in [-0.15, -0.1) is 0 Å². The summed E-state index contributed by atoms with van der Waals surface area (Å²) in [4.78, 5) is 6.99. The number of nitrogens with two attached hydrogens (primary N) is 1. The Morgan fingerprint density at radius 1 is 1.21 bits per heavy atom. The third kappa shape index (κ3) is 3.09. The molecule has 0 aliphatic rings. The molecule has 78 valence electrons. The second-order valence-electron chi connectivity index (χ2n) is 2.17. The summed E-state index contributed by atoms with van der Waals surface area (Å²) in [5.74, 6) is 0.661. The number of pyridine rings is 1. The minimum Gasteiger partial charge on any atom is -0.385 e. The summed E-state index contributed by atoms with van der Waals surface area (Å²) < 4.78 is 0. The van der Waals surface area contributed by atoms with Gasteiger partial charge < -0.3 is 10.7 Å². The summed E-state index contributed by atoms with van der Waals surface area (Å²) in [6, 6.07) is 5.72. The van der Waals surface area contributed by atoms with E-state index in [1.165, 1.54) is 0 Å². The lowest BCUT2D eigenvalue weighted by Gasteiger charge is -1.82. The summed E-state index contributed by atoms with van der Waals surface area (Å²) >= 11 is 0. The molecule has 0 fully saturated rings. The topological polar surface area (TPSA) is 54.7 Å². The molecule has 2 rings (SSSR count). The first-order valence-corrected chi connectivity index (χ1v) is 5.05. The highest BCUT2D eigenvalue weighted by molar-refractivity contribution is 5.79. The van der Waals surface area contributed by atoms with Crippen molar-refractivity contribution in [2.75, 3.05) is 5.73 Å². The molecule has 2 aromatic heterocycles. The van der Waals surface area contributed by atoms with Gasteiger partial charge in [0.15, 0.2) is 0 Å². The molecule has 14 heavy (non-hydrogen) atoms. The van der Waals surface area contributed by atoms with E-state index in [9.17, 15) is 0 Å². The van der Waals surface area contributed by atoms with Crippen molar-refractivity contribution in [1.82, 2.24) is 9.97 Å². The molecule has 0 atom stereocenters. The molecule has 0 amide bonds. The second-order valence-corrected chi connectivity index (χ2v) is 2.17. The first kappa shape index (κ1) is 12.5. The fourth-order valence-electron chi connectivity index (χ4n) is 0.979. The fourth-order valence-corrected chi connectivity index (χ4v) is 0.979. The normalized spacial score (nSPS) is 8.29. The predicted molar refractivity (Wildman–Crippen MR) is 63.2 cm³/mol. The van der Waals surface area contributed by atoms with E-state index in [4.69, 9.17) is 5.73 Å². The van der Waals surface area contributed by atoms with Crippen molar-refractivity contribution in [3.8, 4) is 0 Å². The second kappa shape index (κ2) is 6.95. The molecule has 0 unspecified atom stereocenters. The number of fused-ring (bicyclic) bond motifs is 1. The molecule has 0 aliphatic heterocycles. The largest absolute Gasteiger partial charge is 0.385 e. The van der Waals surface area contributed by atoms with Crippen LogP contribution < -0.4 is 5.73 Å². The summed E-state index contributed by atoms with van der Waals surface area (Å²) in [7, 11) is 0. The Labute approximate surface area is 85.4 Å². The molecule has 3 N–H and O–H groups in total. The van der Waals surface area contributed by atoms with Crippen LogP contribution in [0.25, 0.3) is 11.0 Å². The van der Waals surface area contributed by atoms with Crippen molar-refractivity contribution < 1.29 is 0 Å². The third-order valence-corrected chi connectivity index (χ3v) is 1.41. The Morgan fingerprint density at radius 2 is 1.86 bits per heavy atom. The van der Waals surface area contributed by atoms with Gasteiger partial charge in [0.05, 0.1) is 0 Å². The highest BCUT2D eigenvalue weighted by Gasteiger charge is 1.94. The summed E-state index contributed by atoms with van der Waals surface area (Å²) in [5.41, 5.74) is 6.34. The lowest BCUT2D eigenvalue weighted by Crippen LogP contribution is -1.81. The van der Waals surface area contributed by atoms with Crippen molar-refractivity contribution >= 4 is 16.9 Å². The summed E-state index contributed by atoms with van der Waals surface area (Å²) in [5, 5.41) is 1.06. The molecule has 0 saturated carbocycles. The lowest BCUT2D eigenvalue weighted by molar-refractivity contribution is 1.33. The summed E-state index contributed by atoms with van der Waals surface area (Å²) in [6.45, 7) is 8.00. The quantitative estimate of drug-likeness (QED) is 0.675. The van der Waals surface area contributed by atoms with Crippen molar-refractivity contribution in [3.63, 3.8) is 0 Å². The van der Waals surface area contributed by atoms with E-state index in [1.807, 2.05) is 45.9 Å². The summed E-state index contributed by atoms with van der Waals surface area (Å²) in [6.07, 6.45) is 1.73. The van der Waals surface area contributed by atoms with Crippen LogP contribution in [0.3, 0.4) is 0 Å². The van der Waals surface area contributed by atoms with Crippen LogP contribution >= 0.6 is 0 Å². The number of aromatic amines is 1. The average molecular weight is 193 g/mol. The fraction of sp³-hybridized carbons (Fsp3) is 0.364. The number of nitrogens with one attached hydrogen (secondary N) is 1. The van der Waals surface area contributed by atoms with E-state index in [2.05, 4.69) is 9.97 Å². The zero-order chi connectivity index (χ0) is 11.0. The number of hydrogen-bond donors (Lipinski definition) is 2. The van der Waals surface area contributed by atoms with E-state index in [1.54, 1.807) is 6.20 Å². The Hall–Kier alpha value is -1.51. The number of H-pyrrole nitrogens is 1. The van der Waals surface area contributed by atoms with Crippen molar-refractivity contribution in [1.29, 1.82) is 0 Å². The van der Waals surface area contributed by atoms with Crippen molar-refractivity contribution in [3.05, 3.63) is 24.4 Å². The smallest absolute Gasteiger partial charge is 0.138 e. The molecule has 0 aliphatic carbocycles. The Morgan fingerprint density at radius 3 is 2.43 bits per heavy atom. The molecule has 0 aromatic carbocycles. The molecule has 2 heterocycles. The van der Waals surface area contributed by atoms with Crippen LogP contribution in [0.5, 0.6) is 0 Å². The highest BCUT2D eigenvalue weighted by Crippen LogP contribution is 2.12. The van der Waals surface area contributed by atoms with Crippen LogP contribution in [0.2, 0.25) is 0 Å². The van der Waals surface area contributed by atoms with Crippen LogP contribution in [-0.2, 0) is 0 Å². The average Bonchev–Trinajstić information content (AvgIpc) is 2.64. The van der Waals surface area contributed by atoms with Crippen LogP contribution in [0.4, 0.5) is 5.82 Å². The SMILES string of the molecule is CC.CC.Nc1cc2cccnc2[nH]1. The third-order valence-electron chi connectivity index (χ3n) is 1.41. The lowest BCUT2D eigenvalue weighted by atomic mass is 10.3. The number of nitrogens with zero attached hydrogens (tertiary/aromatic N) is 1. The van der Waals surface area contributed by atoms with E-state index >= 15 is 0 Å². The first-order chi connectivity index (χ1) is 6.86. The van der Waals surface area contributed by atoms with Gasteiger partial charge in [-0.2, -0.15) is 0 Å². The van der Waals surface area contributed by atoms with Crippen LogP contribution in [-0.4, -0.2) is 9.97 Å². The number of nitrogen functional groups attached to an aromatic ring is 1. The van der Waals surface area contributed by atoms with E-state index in [-0.39, 0.29) is 0 Å². The van der Waals surface area contributed by atoms with Gasteiger partial charge >= 0.3 is 0 Å². The van der Waals surface area contributed by atoms with Gasteiger partial charge in [-0.25, -0.2) is 4.98 Å². The van der Waals surface area contributed by atoms with Crippen LogP contribution in [0, 0.1) is 0 Å². The molecule has 0 spiro atoms. The maximum Gasteiger partial charge on any atom is 0.138 e. The van der Waals surface area contributed by atoms with E-state index in [0.29, 0.717) is 5.82 Å². The van der Waals surface area contributed by atoms with Gasteiger partial charge in [-0.1, -0.05) is 27.7 Å². The zero-order valence-electron chi connectivity index (χ0n) is 9.33. The van der Waals surface area contributed by atoms with Gasteiger partial charge in [0, 0.05) is 11.6 Å². The van der Waals surface area contributed by atoms with Crippen LogP contribution in [0.1, 0.15) is 27.7 Å². The Bertz CT molecular complexity index is 319. The molecule has 0 radical (unpaired) electrons. The molecule has 0 bridgehead atoms. The molecular formula is C11H19N3. The number of hydrogen-bond acceptors (Lipinski definition) is 2. The first-order valence-electron chi connectivity index (χ1n) is 5.05. The van der Waals surface area contributed by atoms with Crippen molar-refractivity contribution in [2.45, 2.75) is 27.7 Å². The Balaban J connectivity index is 0.000000379. The standard InChI is InChI=1S/C7H7N3.2C2H6/c8-6-4-5-2-1-3-9-7(5)10-6;2*1-2/h1-4H,8H2,(H,9,10);2*1-2H3. The van der Waals surface area contributed by atoms with Gasteiger partial charge in [-0.05, 0) is 18.2 Å². The van der Waals surface area contributed by atoms with E-state index in [0.717, 1.165) is 11.0 Å². The van der Waals surface area contributed by atoms with Gasteiger partial charge in [0.1, 0.15) is 11.5 Å². The molecular weight excluding hydrogens is 174 g/mol. The number of aromatic nitrogens is 2. The molecule has 3 nitrogen and oxygen atoms in total. The number of anilines is 1. The Kier molecular flexibility index (Phi) is 6.20.